The molecule has 1 aromatic rings. The normalized spacial score (nSPS) is 17.0. The third-order valence-corrected chi connectivity index (χ3v) is 3.46. The highest BCUT2D eigenvalue weighted by atomic mass is 32.2. The molecule has 1 saturated heterocycles. The molecule has 1 heterocycles. The largest absolute Gasteiger partial charge is 0.298 e. The van der Waals surface area contributed by atoms with E-state index < -0.39 is 0 Å². The lowest BCUT2D eigenvalue weighted by Crippen LogP contribution is -2.15. The Balaban J connectivity index is 2.18. The van der Waals surface area contributed by atoms with Crippen molar-refractivity contribution in [2.75, 3.05) is 11.5 Å². The van der Waals surface area contributed by atoms with Gasteiger partial charge in [-0.3, -0.25) is 4.79 Å². The van der Waals surface area contributed by atoms with E-state index in [1.165, 1.54) is 17.1 Å². The van der Waals surface area contributed by atoms with Crippen molar-refractivity contribution in [3.63, 3.8) is 0 Å². The molecule has 2 heteroatoms. The van der Waals surface area contributed by atoms with Gasteiger partial charge in [-0.15, -0.1) is 0 Å². The first-order chi connectivity index (χ1) is 5.90. The van der Waals surface area contributed by atoms with Crippen LogP contribution in [0, 0.1) is 0 Å². The number of carbonyl (C=O) groups is 1. The van der Waals surface area contributed by atoms with E-state index in [-0.39, 0.29) is 0 Å². The van der Waals surface area contributed by atoms with Gasteiger partial charge in [0.05, 0.1) is 0 Å². The maximum atomic E-state index is 10.4. The third-order valence-electron chi connectivity index (χ3n) is 2.18. The lowest BCUT2D eigenvalue weighted by atomic mass is 10.0. The molecule has 1 aliphatic heterocycles. The molecule has 0 saturated carbocycles. The molecular formula is C10H10OS. The molecule has 1 aliphatic rings. The van der Waals surface area contributed by atoms with Crippen molar-refractivity contribution in [2.45, 2.75) is 5.92 Å². The number of carbonyl (C=O) groups excluding carboxylic acids is 1. The quantitative estimate of drug-likeness (QED) is 0.646. The molecule has 0 bridgehead atoms. The fourth-order valence-corrected chi connectivity index (χ4v) is 2.13. The van der Waals surface area contributed by atoms with Gasteiger partial charge in [0.15, 0.2) is 0 Å². The molecule has 0 spiro atoms. The van der Waals surface area contributed by atoms with Crippen molar-refractivity contribution in [1.82, 2.24) is 0 Å². The summed E-state index contributed by atoms with van der Waals surface area (Å²) in [5.74, 6) is 3.21. The van der Waals surface area contributed by atoms with Crippen molar-refractivity contribution in [2.24, 2.45) is 0 Å². The van der Waals surface area contributed by atoms with Gasteiger partial charge in [0, 0.05) is 23.0 Å². The summed E-state index contributed by atoms with van der Waals surface area (Å²) in [7, 11) is 0. The van der Waals surface area contributed by atoms with Crippen LogP contribution in [0.15, 0.2) is 24.3 Å². The molecule has 0 aliphatic carbocycles. The summed E-state index contributed by atoms with van der Waals surface area (Å²) < 4.78 is 0. The Bertz CT molecular complexity index is 274. The van der Waals surface area contributed by atoms with Gasteiger partial charge in [0.25, 0.3) is 0 Å². The molecule has 0 amide bonds. The molecule has 1 fully saturated rings. The van der Waals surface area contributed by atoms with E-state index in [0.717, 1.165) is 17.8 Å². The zero-order valence-corrected chi connectivity index (χ0v) is 7.51. The third kappa shape index (κ3) is 1.39. The van der Waals surface area contributed by atoms with E-state index in [9.17, 15) is 4.79 Å². The summed E-state index contributed by atoms with van der Waals surface area (Å²) in [5, 5.41) is 0. The highest BCUT2D eigenvalue weighted by molar-refractivity contribution is 8.00. The molecule has 0 unspecified atom stereocenters. The molecular weight excluding hydrogens is 168 g/mol. The minimum atomic E-state index is 0.732. The average Bonchev–Trinajstić information content (AvgIpc) is 2.03. The van der Waals surface area contributed by atoms with Crippen LogP contribution in [-0.4, -0.2) is 17.8 Å². The number of thioether (sulfide) groups is 1. The van der Waals surface area contributed by atoms with Crippen LogP contribution in [0.1, 0.15) is 21.8 Å². The van der Waals surface area contributed by atoms with Gasteiger partial charge in [-0.1, -0.05) is 24.3 Å². The zero-order chi connectivity index (χ0) is 8.39. The fraction of sp³-hybridized carbons (Fsp3) is 0.300. The monoisotopic (exact) mass is 178 g/mol. The number of aldehydes is 1. The Morgan fingerprint density at radius 1 is 1.25 bits per heavy atom. The van der Waals surface area contributed by atoms with Gasteiger partial charge in [-0.2, -0.15) is 11.8 Å². The van der Waals surface area contributed by atoms with E-state index >= 15 is 0 Å². The van der Waals surface area contributed by atoms with E-state index in [2.05, 4.69) is 12.1 Å². The predicted molar refractivity (Wildman–Crippen MR) is 51.9 cm³/mol. The first-order valence-corrected chi connectivity index (χ1v) is 5.18. The minimum absolute atomic E-state index is 0.732. The van der Waals surface area contributed by atoms with Crippen LogP contribution in [-0.2, 0) is 0 Å². The van der Waals surface area contributed by atoms with E-state index in [1.54, 1.807) is 0 Å². The standard InChI is InChI=1S/C10H10OS/c11-5-8-1-3-9(4-2-8)10-6-12-7-10/h1-5,10H,6-7H2. The van der Waals surface area contributed by atoms with Gasteiger partial charge >= 0.3 is 0 Å². The molecule has 0 atom stereocenters. The summed E-state index contributed by atoms with van der Waals surface area (Å²) >= 11 is 1.98. The van der Waals surface area contributed by atoms with E-state index in [4.69, 9.17) is 0 Å². The highest BCUT2D eigenvalue weighted by Crippen LogP contribution is 2.33. The van der Waals surface area contributed by atoms with Crippen molar-refractivity contribution in [3.05, 3.63) is 35.4 Å². The van der Waals surface area contributed by atoms with E-state index in [0.29, 0.717) is 0 Å². The molecule has 12 heavy (non-hydrogen) atoms. The number of hydrogen-bond acceptors (Lipinski definition) is 2. The van der Waals surface area contributed by atoms with Gasteiger partial charge < -0.3 is 0 Å². The Morgan fingerprint density at radius 2 is 1.92 bits per heavy atom. The topological polar surface area (TPSA) is 17.1 Å². The molecule has 0 radical (unpaired) electrons. The van der Waals surface area contributed by atoms with Crippen LogP contribution in [0.5, 0.6) is 0 Å². The first-order valence-electron chi connectivity index (χ1n) is 4.03. The SMILES string of the molecule is O=Cc1ccc(C2CSC2)cc1. The van der Waals surface area contributed by atoms with Crippen LogP contribution in [0.25, 0.3) is 0 Å². The maximum Gasteiger partial charge on any atom is 0.150 e. The number of benzene rings is 1. The van der Waals surface area contributed by atoms with Crippen LogP contribution in [0.3, 0.4) is 0 Å². The minimum Gasteiger partial charge on any atom is -0.298 e. The van der Waals surface area contributed by atoms with Crippen molar-refractivity contribution >= 4 is 18.0 Å². The fourth-order valence-electron chi connectivity index (χ4n) is 1.27. The number of hydrogen-bond donors (Lipinski definition) is 0. The summed E-state index contributed by atoms with van der Waals surface area (Å²) in [6.07, 6.45) is 0.888. The van der Waals surface area contributed by atoms with Crippen molar-refractivity contribution in [1.29, 1.82) is 0 Å². The van der Waals surface area contributed by atoms with Gasteiger partial charge in [0.1, 0.15) is 6.29 Å². The predicted octanol–water partition coefficient (Wildman–Crippen LogP) is 2.33. The summed E-state index contributed by atoms with van der Waals surface area (Å²) in [6, 6.07) is 7.92. The first kappa shape index (κ1) is 7.87. The maximum absolute atomic E-state index is 10.4. The molecule has 0 aromatic heterocycles. The molecule has 1 nitrogen and oxygen atoms in total. The lowest BCUT2D eigenvalue weighted by molar-refractivity contribution is 0.112. The molecule has 1 aromatic carbocycles. The van der Waals surface area contributed by atoms with Gasteiger partial charge in [-0.05, 0) is 5.56 Å². The van der Waals surface area contributed by atoms with Crippen molar-refractivity contribution in [3.8, 4) is 0 Å². The summed E-state index contributed by atoms with van der Waals surface area (Å²) in [5.41, 5.74) is 2.14. The Labute approximate surface area is 76.2 Å². The smallest absolute Gasteiger partial charge is 0.150 e. The van der Waals surface area contributed by atoms with Gasteiger partial charge in [-0.25, -0.2) is 0 Å². The molecule has 2 rings (SSSR count). The second kappa shape index (κ2) is 3.31. The van der Waals surface area contributed by atoms with Crippen molar-refractivity contribution < 1.29 is 4.79 Å². The summed E-state index contributed by atoms with van der Waals surface area (Å²) in [6.45, 7) is 0. The number of rotatable bonds is 2. The van der Waals surface area contributed by atoms with Crippen LogP contribution < -0.4 is 0 Å². The second-order valence-corrected chi connectivity index (χ2v) is 4.09. The van der Waals surface area contributed by atoms with Crippen LogP contribution in [0.2, 0.25) is 0 Å². The van der Waals surface area contributed by atoms with Crippen LogP contribution in [0.4, 0.5) is 0 Å². The molecule has 0 N–H and O–H groups in total. The van der Waals surface area contributed by atoms with Crippen LogP contribution >= 0.6 is 11.8 Å². The Morgan fingerprint density at radius 3 is 2.33 bits per heavy atom. The Hall–Kier alpha value is -0.760. The lowest BCUT2D eigenvalue weighted by Gasteiger charge is -2.25. The Kier molecular flexibility index (Phi) is 2.17. The highest BCUT2D eigenvalue weighted by Gasteiger charge is 2.19. The zero-order valence-electron chi connectivity index (χ0n) is 6.69. The second-order valence-electron chi connectivity index (χ2n) is 3.02. The summed E-state index contributed by atoms with van der Waals surface area (Å²) in [4.78, 5) is 10.4. The average molecular weight is 178 g/mol. The van der Waals surface area contributed by atoms with E-state index in [1.807, 2.05) is 23.9 Å². The molecule has 62 valence electrons. The van der Waals surface area contributed by atoms with Gasteiger partial charge in [0.2, 0.25) is 0 Å².